The van der Waals surface area contributed by atoms with Crippen LogP contribution in [0.5, 0.6) is 0 Å². The predicted octanol–water partition coefficient (Wildman–Crippen LogP) is 4.53. The van der Waals surface area contributed by atoms with Crippen LogP contribution in [0.2, 0.25) is 0 Å². The van der Waals surface area contributed by atoms with Crippen LogP contribution in [0, 0.1) is 0 Å². The lowest BCUT2D eigenvalue weighted by Crippen LogP contribution is -1.97. The second-order valence-electron chi connectivity index (χ2n) is 5.71. The molecule has 6 heteroatoms. The van der Waals surface area contributed by atoms with Gasteiger partial charge in [0.15, 0.2) is 0 Å². The summed E-state index contributed by atoms with van der Waals surface area (Å²) in [5.74, 6) is 0. The molecule has 0 saturated carbocycles. The molecule has 0 atom stereocenters. The van der Waals surface area contributed by atoms with Crippen LogP contribution in [-0.2, 0) is 0 Å². The summed E-state index contributed by atoms with van der Waals surface area (Å²) >= 11 is 1.66. The molecular formula is C19H13N5S. The molecule has 0 amide bonds. The third-order valence-corrected chi connectivity index (χ3v) is 5.31. The summed E-state index contributed by atoms with van der Waals surface area (Å²) < 4.78 is 0. The van der Waals surface area contributed by atoms with Gasteiger partial charge in [-0.3, -0.25) is 0 Å². The molecule has 4 heterocycles. The Morgan fingerprint density at radius 3 is 2.80 bits per heavy atom. The topological polar surface area (TPSA) is 66.3 Å². The zero-order valence-electron chi connectivity index (χ0n) is 13.2. The molecule has 1 aliphatic heterocycles. The van der Waals surface area contributed by atoms with Crippen LogP contribution in [-0.4, -0.2) is 26.9 Å². The summed E-state index contributed by atoms with van der Waals surface area (Å²) in [5, 5.41) is 10.4. The third kappa shape index (κ3) is 2.38. The van der Waals surface area contributed by atoms with Gasteiger partial charge in [0.1, 0.15) is 10.7 Å². The van der Waals surface area contributed by atoms with E-state index >= 15 is 0 Å². The molecule has 0 fully saturated rings. The minimum atomic E-state index is 0.747. The van der Waals surface area contributed by atoms with Gasteiger partial charge in [0.25, 0.3) is 0 Å². The van der Waals surface area contributed by atoms with E-state index in [4.69, 9.17) is 4.98 Å². The highest BCUT2D eigenvalue weighted by Gasteiger charge is 2.21. The lowest BCUT2D eigenvalue weighted by Gasteiger charge is -2.00. The highest BCUT2D eigenvalue weighted by atomic mass is 32.1. The summed E-state index contributed by atoms with van der Waals surface area (Å²) in [5.41, 5.74) is 4.98. The molecule has 0 unspecified atom stereocenters. The van der Waals surface area contributed by atoms with Crippen molar-refractivity contribution in [1.82, 2.24) is 15.0 Å². The Balaban J connectivity index is 1.73. The minimum Gasteiger partial charge on any atom is -0.346 e. The van der Waals surface area contributed by atoms with Crippen molar-refractivity contribution in [2.24, 2.45) is 10.2 Å². The lowest BCUT2D eigenvalue weighted by molar-refractivity contribution is 1.28. The molecule has 5 nitrogen and oxygen atoms in total. The van der Waals surface area contributed by atoms with Crippen molar-refractivity contribution >= 4 is 34.3 Å². The number of hydrogen-bond acceptors (Lipinski definition) is 5. The molecule has 0 radical (unpaired) electrons. The summed E-state index contributed by atoms with van der Waals surface area (Å²) in [6.07, 6.45) is 6.30. The van der Waals surface area contributed by atoms with Crippen LogP contribution in [0.4, 0.5) is 0 Å². The minimum absolute atomic E-state index is 0.747. The molecule has 0 aliphatic carbocycles. The number of rotatable bonds is 3. The van der Waals surface area contributed by atoms with E-state index in [1.165, 1.54) is 0 Å². The Kier molecular flexibility index (Phi) is 3.28. The number of thiazole rings is 1. The number of pyridine rings is 1. The standard InChI is InChI=1S/C19H13N5S/c1-2-4-12(5-3-1)16-17(15-8-11-22-24-15)25-19(23-16)14-7-10-21-18-13(14)6-9-20-18/h1-7,9-11H,8H2,(H,20,21). The van der Waals surface area contributed by atoms with Crippen LogP contribution in [0.1, 0.15) is 11.3 Å². The van der Waals surface area contributed by atoms with Crippen molar-refractivity contribution in [1.29, 1.82) is 0 Å². The van der Waals surface area contributed by atoms with Gasteiger partial charge in [0.2, 0.25) is 0 Å². The van der Waals surface area contributed by atoms with E-state index in [0.29, 0.717) is 0 Å². The largest absolute Gasteiger partial charge is 0.346 e. The maximum absolute atomic E-state index is 4.97. The maximum Gasteiger partial charge on any atom is 0.137 e. The number of hydrogen-bond donors (Lipinski definition) is 1. The molecule has 1 aromatic carbocycles. The molecule has 120 valence electrons. The Morgan fingerprint density at radius 1 is 1.04 bits per heavy atom. The van der Waals surface area contributed by atoms with Crippen molar-refractivity contribution in [2.45, 2.75) is 6.42 Å². The Hall–Kier alpha value is -3.12. The van der Waals surface area contributed by atoms with Gasteiger partial charge in [0, 0.05) is 41.5 Å². The second-order valence-corrected chi connectivity index (χ2v) is 6.71. The van der Waals surface area contributed by atoms with Crippen LogP contribution in [0.25, 0.3) is 32.9 Å². The number of H-pyrrole nitrogens is 1. The zero-order valence-corrected chi connectivity index (χ0v) is 14.0. The van der Waals surface area contributed by atoms with E-state index in [1.807, 2.05) is 48.9 Å². The van der Waals surface area contributed by atoms with Crippen LogP contribution >= 0.6 is 11.3 Å². The smallest absolute Gasteiger partial charge is 0.137 e. The summed E-state index contributed by atoms with van der Waals surface area (Å²) in [6.45, 7) is 0. The van der Waals surface area contributed by atoms with Gasteiger partial charge in [-0.05, 0) is 12.1 Å². The molecule has 1 aliphatic rings. The first-order chi connectivity index (χ1) is 12.4. The molecule has 0 bridgehead atoms. The van der Waals surface area contributed by atoms with E-state index in [1.54, 1.807) is 11.3 Å². The first kappa shape index (κ1) is 14.2. The van der Waals surface area contributed by atoms with E-state index in [0.717, 1.165) is 49.9 Å². The summed E-state index contributed by atoms with van der Waals surface area (Å²) in [6, 6.07) is 14.3. The molecule has 0 saturated heterocycles. The number of aromatic nitrogens is 3. The Labute approximate surface area is 147 Å². The van der Waals surface area contributed by atoms with Crippen LogP contribution in [0.3, 0.4) is 0 Å². The average Bonchev–Trinajstić information content (AvgIpc) is 3.40. The van der Waals surface area contributed by atoms with E-state index in [-0.39, 0.29) is 0 Å². The third-order valence-electron chi connectivity index (χ3n) is 4.17. The fourth-order valence-corrected chi connectivity index (χ4v) is 4.11. The number of benzene rings is 1. The molecular weight excluding hydrogens is 330 g/mol. The van der Waals surface area contributed by atoms with Crippen LogP contribution in [0.15, 0.2) is 65.1 Å². The van der Waals surface area contributed by atoms with Gasteiger partial charge >= 0.3 is 0 Å². The highest BCUT2D eigenvalue weighted by molar-refractivity contribution is 7.17. The van der Waals surface area contributed by atoms with Gasteiger partial charge in [-0.15, -0.1) is 11.3 Å². The summed E-state index contributed by atoms with van der Waals surface area (Å²) in [4.78, 5) is 13.6. The van der Waals surface area contributed by atoms with Crippen LogP contribution < -0.4 is 0 Å². The lowest BCUT2D eigenvalue weighted by atomic mass is 10.1. The van der Waals surface area contributed by atoms with Gasteiger partial charge in [-0.25, -0.2) is 9.97 Å². The molecule has 0 spiro atoms. The quantitative estimate of drug-likeness (QED) is 0.594. The van der Waals surface area contributed by atoms with Crippen molar-refractivity contribution in [3.8, 4) is 21.8 Å². The predicted molar refractivity (Wildman–Crippen MR) is 102 cm³/mol. The van der Waals surface area contributed by atoms with Crippen molar-refractivity contribution in [2.75, 3.05) is 0 Å². The molecule has 1 N–H and O–H groups in total. The van der Waals surface area contributed by atoms with Gasteiger partial charge in [0.05, 0.1) is 16.3 Å². The normalized spacial score (nSPS) is 13.5. The van der Waals surface area contributed by atoms with E-state index < -0.39 is 0 Å². The zero-order chi connectivity index (χ0) is 16.6. The number of fused-ring (bicyclic) bond motifs is 1. The van der Waals surface area contributed by atoms with Crippen molar-refractivity contribution < 1.29 is 0 Å². The fourth-order valence-electron chi connectivity index (χ4n) is 2.99. The molecule has 25 heavy (non-hydrogen) atoms. The van der Waals surface area contributed by atoms with Crippen molar-refractivity contribution in [3.05, 3.63) is 59.7 Å². The Morgan fingerprint density at radius 2 is 1.96 bits per heavy atom. The van der Waals surface area contributed by atoms with E-state index in [2.05, 4.69) is 32.3 Å². The van der Waals surface area contributed by atoms with Gasteiger partial charge in [-0.1, -0.05) is 30.3 Å². The SMILES string of the molecule is C1=NN=C(c2sc(-c3ccnc4[nH]ccc34)nc2-c2ccccc2)C1. The van der Waals surface area contributed by atoms with Gasteiger partial charge < -0.3 is 4.98 Å². The average molecular weight is 343 g/mol. The first-order valence-corrected chi connectivity index (χ1v) is 8.79. The monoisotopic (exact) mass is 343 g/mol. The first-order valence-electron chi connectivity index (χ1n) is 7.97. The van der Waals surface area contributed by atoms with E-state index in [9.17, 15) is 0 Å². The fraction of sp³-hybridized carbons (Fsp3) is 0.0526. The maximum atomic E-state index is 4.97. The molecule has 3 aromatic heterocycles. The number of nitrogens with one attached hydrogen (secondary N) is 1. The van der Waals surface area contributed by atoms with Gasteiger partial charge in [-0.2, -0.15) is 10.2 Å². The number of aromatic amines is 1. The second kappa shape index (κ2) is 5.75. The Bertz CT molecular complexity index is 1120. The van der Waals surface area contributed by atoms with Crippen molar-refractivity contribution in [3.63, 3.8) is 0 Å². The number of nitrogens with zero attached hydrogens (tertiary/aromatic N) is 4. The highest BCUT2D eigenvalue weighted by Crippen LogP contribution is 2.37. The summed E-state index contributed by atoms with van der Waals surface area (Å²) in [7, 11) is 0. The molecule has 5 rings (SSSR count). The molecule has 4 aromatic rings.